The number of carbonyl (C=O) groups is 1. The number of hydrogen-bond donors (Lipinski definition) is 0. The SMILES string of the molecule is O=COC1CCCCC1c1ccccc1. The predicted octanol–water partition coefficient (Wildman–Crippen LogP) is 2.89. The van der Waals surface area contributed by atoms with Crippen LogP contribution in [0.1, 0.15) is 37.2 Å². The second kappa shape index (κ2) is 4.96. The Morgan fingerprint density at radius 2 is 1.87 bits per heavy atom. The summed E-state index contributed by atoms with van der Waals surface area (Å²) in [4.78, 5) is 10.4. The zero-order chi connectivity index (χ0) is 10.5. The first-order valence-corrected chi connectivity index (χ1v) is 5.56. The van der Waals surface area contributed by atoms with E-state index in [2.05, 4.69) is 12.1 Å². The molecule has 0 N–H and O–H groups in total. The van der Waals surface area contributed by atoms with Gasteiger partial charge >= 0.3 is 0 Å². The summed E-state index contributed by atoms with van der Waals surface area (Å²) in [5, 5.41) is 0. The quantitative estimate of drug-likeness (QED) is 0.708. The van der Waals surface area contributed by atoms with E-state index in [-0.39, 0.29) is 6.10 Å². The molecule has 1 aromatic carbocycles. The average molecular weight is 204 g/mol. The van der Waals surface area contributed by atoms with Crippen molar-refractivity contribution in [1.29, 1.82) is 0 Å². The first kappa shape index (κ1) is 10.2. The van der Waals surface area contributed by atoms with E-state index in [1.54, 1.807) is 0 Å². The van der Waals surface area contributed by atoms with Crippen molar-refractivity contribution in [2.75, 3.05) is 0 Å². The standard InChI is InChI=1S/C13H16O2/c14-10-15-13-9-5-4-8-12(13)11-6-2-1-3-7-11/h1-3,6-7,10,12-13H,4-5,8-9H2. The summed E-state index contributed by atoms with van der Waals surface area (Å²) >= 11 is 0. The Morgan fingerprint density at radius 1 is 1.13 bits per heavy atom. The van der Waals surface area contributed by atoms with Crippen LogP contribution >= 0.6 is 0 Å². The van der Waals surface area contributed by atoms with E-state index in [9.17, 15) is 4.79 Å². The Labute approximate surface area is 90.3 Å². The zero-order valence-electron chi connectivity index (χ0n) is 8.76. The largest absolute Gasteiger partial charge is 0.464 e. The highest BCUT2D eigenvalue weighted by Gasteiger charge is 2.27. The highest BCUT2D eigenvalue weighted by molar-refractivity contribution is 5.38. The lowest BCUT2D eigenvalue weighted by molar-refractivity contribution is -0.135. The maximum absolute atomic E-state index is 10.4. The second-order valence-corrected chi connectivity index (χ2v) is 4.07. The second-order valence-electron chi connectivity index (χ2n) is 4.07. The summed E-state index contributed by atoms with van der Waals surface area (Å²) in [6.45, 7) is 0.589. The van der Waals surface area contributed by atoms with Gasteiger partial charge in [-0.3, -0.25) is 4.79 Å². The lowest BCUT2D eigenvalue weighted by atomic mass is 9.82. The average Bonchev–Trinajstić information content (AvgIpc) is 2.31. The molecule has 0 aromatic heterocycles. The van der Waals surface area contributed by atoms with Crippen LogP contribution in [0, 0.1) is 0 Å². The molecule has 2 unspecified atom stereocenters. The summed E-state index contributed by atoms with van der Waals surface area (Å²) in [7, 11) is 0. The third-order valence-electron chi connectivity index (χ3n) is 3.16. The van der Waals surface area contributed by atoms with Crippen molar-refractivity contribution in [2.24, 2.45) is 0 Å². The van der Waals surface area contributed by atoms with Crippen LogP contribution in [-0.4, -0.2) is 12.6 Å². The minimum absolute atomic E-state index is 0.0821. The topological polar surface area (TPSA) is 26.3 Å². The molecule has 2 heteroatoms. The lowest BCUT2D eigenvalue weighted by Crippen LogP contribution is -2.25. The van der Waals surface area contributed by atoms with Gasteiger partial charge in [-0.1, -0.05) is 36.8 Å². The van der Waals surface area contributed by atoms with Crippen LogP contribution in [0.15, 0.2) is 30.3 Å². The minimum atomic E-state index is 0.0821. The molecule has 1 aromatic rings. The molecule has 0 bridgehead atoms. The van der Waals surface area contributed by atoms with E-state index in [0.717, 1.165) is 12.8 Å². The van der Waals surface area contributed by atoms with E-state index in [1.807, 2.05) is 18.2 Å². The molecule has 1 aliphatic carbocycles. The van der Waals surface area contributed by atoms with Crippen molar-refractivity contribution in [3.05, 3.63) is 35.9 Å². The third-order valence-corrected chi connectivity index (χ3v) is 3.16. The van der Waals surface area contributed by atoms with Crippen LogP contribution in [0.5, 0.6) is 0 Å². The maximum atomic E-state index is 10.4. The van der Waals surface area contributed by atoms with Crippen molar-refractivity contribution >= 4 is 6.47 Å². The molecule has 0 aliphatic heterocycles. The first-order chi connectivity index (χ1) is 7.42. The molecule has 1 fully saturated rings. The van der Waals surface area contributed by atoms with Gasteiger partial charge in [0, 0.05) is 5.92 Å². The van der Waals surface area contributed by atoms with E-state index in [4.69, 9.17) is 4.74 Å². The molecule has 0 radical (unpaired) electrons. The molecule has 2 atom stereocenters. The molecule has 0 amide bonds. The summed E-state index contributed by atoms with van der Waals surface area (Å²) in [5.41, 5.74) is 1.30. The van der Waals surface area contributed by atoms with Gasteiger partial charge in [0.2, 0.25) is 0 Å². The maximum Gasteiger partial charge on any atom is 0.293 e. The molecule has 15 heavy (non-hydrogen) atoms. The van der Waals surface area contributed by atoms with Crippen LogP contribution in [0.2, 0.25) is 0 Å². The van der Waals surface area contributed by atoms with Crippen molar-refractivity contribution in [3.63, 3.8) is 0 Å². The number of ether oxygens (including phenoxy) is 1. The van der Waals surface area contributed by atoms with Gasteiger partial charge in [0.1, 0.15) is 6.10 Å². The minimum Gasteiger partial charge on any atom is -0.464 e. The van der Waals surface area contributed by atoms with Gasteiger partial charge < -0.3 is 4.74 Å². The van der Waals surface area contributed by atoms with Crippen molar-refractivity contribution < 1.29 is 9.53 Å². The van der Waals surface area contributed by atoms with Crippen LogP contribution in [0.3, 0.4) is 0 Å². The fraction of sp³-hybridized carbons (Fsp3) is 0.462. The fourth-order valence-electron chi connectivity index (χ4n) is 2.41. The Hall–Kier alpha value is -1.31. The first-order valence-electron chi connectivity index (χ1n) is 5.56. The third kappa shape index (κ3) is 2.38. The molecule has 1 aliphatic rings. The molecular weight excluding hydrogens is 188 g/mol. The molecule has 2 nitrogen and oxygen atoms in total. The Bertz CT molecular complexity index is 308. The Balaban J connectivity index is 2.14. The Morgan fingerprint density at radius 3 is 2.60 bits per heavy atom. The molecule has 1 saturated carbocycles. The van der Waals surface area contributed by atoms with Gasteiger partial charge in [-0.2, -0.15) is 0 Å². The molecule has 2 rings (SSSR count). The Kier molecular flexibility index (Phi) is 3.38. The normalized spacial score (nSPS) is 25.9. The van der Waals surface area contributed by atoms with Gasteiger partial charge in [-0.05, 0) is 24.8 Å². The van der Waals surface area contributed by atoms with Crippen molar-refractivity contribution in [1.82, 2.24) is 0 Å². The van der Waals surface area contributed by atoms with E-state index < -0.39 is 0 Å². The van der Waals surface area contributed by atoms with Gasteiger partial charge in [0.05, 0.1) is 0 Å². The van der Waals surface area contributed by atoms with E-state index in [1.165, 1.54) is 18.4 Å². The molecule has 0 spiro atoms. The number of hydrogen-bond acceptors (Lipinski definition) is 2. The van der Waals surface area contributed by atoms with Crippen LogP contribution in [-0.2, 0) is 9.53 Å². The summed E-state index contributed by atoms with van der Waals surface area (Å²) in [5.74, 6) is 0.394. The number of benzene rings is 1. The van der Waals surface area contributed by atoms with Crippen molar-refractivity contribution in [2.45, 2.75) is 37.7 Å². The molecule has 0 heterocycles. The van der Waals surface area contributed by atoms with E-state index in [0.29, 0.717) is 12.4 Å². The number of rotatable bonds is 3. The highest BCUT2D eigenvalue weighted by atomic mass is 16.5. The monoisotopic (exact) mass is 204 g/mol. The zero-order valence-corrected chi connectivity index (χ0v) is 8.76. The van der Waals surface area contributed by atoms with Gasteiger partial charge in [-0.15, -0.1) is 0 Å². The number of carbonyl (C=O) groups excluding carboxylic acids is 1. The van der Waals surface area contributed by atoms with Crippen molar-refractivity contribution in [3.8, 4) is 0 Å². The van der Waals surface area contributed by atoms with Crippen LogP contribution < -0.4 is 0 Å². The lowest BCUT2D eigenvalue weighted by Gasteiger charge is -2.30. The summed E-state index contributed by atoms with van der Waals surface area (Å²) in [6.07, 6.45) is 4.61. The van der Waals surface area contributed by atoms with Gasteiger partial charge in [-0.25, -0.2) is 0 Å². The van der Waals surface area contributed by atoms with Crippen LogP contribution in [0.4, 0.5) is 0 Å². The molecule has 0 saturated heterocycles. The highest BCUT2D eigenvalue weighted by Crippen LogP contribution is 2.34. The van der Waals surface area contributed by atoms with Crippen LogP contribution in [0.25, 0.3) is 0 Å². The fourth-order valence-corrected chi connectivity index (χ4v) is 2.41. The smallest absolute Gasteiger partial charge is 0.293 e. The molecule has 80 valence electrons. The summed E-state index contributed by atoms with van der Waals surface area (Å²) in [6, 6.07) is 10.3. The summed E-state index contributed by atoms with van der Waals surface area (Å²) < 4.78 is 5.17. The van der Waals surface area contributed by atoms with Gasteiger partial charge in [0.15, 0.2) is 0 Å². The molecular formula is C13H16O2. The van der Waals surface area contributed by atoms with Gasteiger partial charge in [0.25, 0.3) is 6.47 Å². The van der Waals surface area contributed by atoms with E-state index >= 15 is 0 Å². The predicted molar refractivity (Wildman–Crippen MR) is 58.6 cm³/mol.